The molecule has 10 aromatic rings. The molecular weight excluding hydrogens is 748 g/mol. The monoisotopic (exact) mass is 786 g/mol. The van der Waals surface area contributed by atoms with Crippen molar-refractivity contribution in [3.8, 4) is 34.7 Å². The molecular formula is C46H39FN8O4. The Hall–Kier alpha value is -7.35. The van der Waals surface area contributed by atoms with Gasteiger partial charge in [-0.05, 0) is 59.7 Å². The highest BCUT2D eigenvalue weighted by molar-refractivity contribution is 5.83. The Bertz CT molecular complexity index is 2910. The lowest BCUT2D eigenvalue weighted by Gasteiger charge is -2.17. The fraction of sp³-hybridized carbons (Fsp3) is 0.130. The van der Waals surface area contributed by atoms with E-state index in [0.29, 0.717) is 55.0 Å². The van der Waals surface area contributed by atoms with Crippen molar-refractivity contribution in [2.24, 2.45) is 11.5 Å². The average molecular weight is 787 g/mol. The number of benzene rings is 4. The van der Waals surface area contributed by atoms with E-state index in [0.717, 1.165) is 50.1 Å². The first-order valence-electron chi connectivity index (χ1n) is 19.2. The number of aromatic nitrogens is 6. The van der Waals surface area contributed by atoms with Crippen LogP contribution in [0.15, 0.2) is 161 Å². The Balaban J connectivity index is 0.000000152. The molecule has 0 radical (unpaired) electrons. The number of hydrogen-bond acceptors (Lipinski definition) is 10. The topological polar surface area (TPSA) is 157 Å². The van der Waals surface area contributed by atoms with E-state index < -0.39 is 0 Å². The smallest absolute Gasteiger partial charge is 0.232 e. The van der Waals surface area contributed by atoms with Gasteiger partial charge in [0.15, 0.2) is 22.8 Å². The summed E-state index contributed by atoms with van der Waals surface area (Å²) in [5.41, 5.74) is 18.5. The second-order valence-corrected chi connectivity index (χ2v) is 13.9. The minimum atomic E-state index is -0.293. The SMILES string of the molecule is NCC(COc1ccc2ncc(-c3cc4ccccc4o3)n2n1)c1ccccc1.NCC(Cc1ccc(F)cc1)Oc1ccc2ncc(-c3cc4ccccc4o3)n2n1. The van der Waals surface area contributed by atoms with E-state index in [1.807, 2.05) is 97.1 Å². The van der Waals surface area contributed by atoms with Crippen LogP contribution in [0.2, 0.25) is 0 Å². The lowest BCUT2D eigenvalue weighted by molar-refractivity contribution is 0.198. The van der Waals surface area contributed by atoms with Crippen LogP contribution in [-0.4, -0.2) is 55.0 Å². The summed E-state index contributed by atoms with van der Waals surface area (Å²) in [6, 6.07) is 43.4. The van der Waals surface area contributed by atoms with Gasteiger partial charge >= 0.3 is 0 Å². The molecule has 4 aromatic carbocycles. The molecule has 13 heteroatoms. The molecule has 0 spiro atoms. The number of imidazole rings is 2. The van der Waals surface area contributed by atoms with Gasteiger partial charge in [-0.3, -0.25) is 0 Å². The molecule has 0 amide bonds. The van der Waals surface area contributed by atoms with Crippen molar-refractivity contribution in [1.29, 1.82) is 0 Å². The van der Waals surface area contributed by atoms with E-state index in [-0.39, 0.29) is 17.8 Å². The van der Waals surface area contributed by atoms with Gasteiger partial charge in [0, 0.05) is 48.3 Å². The highest BCUT2D eigenvalue weighted by Gasteiger charge is 2.17. The quantitative estimate of drug-likeness (QED) is 0.123. The summed E-state index contributed by atoms with van der Waals surface area (Å²) >= 11 is 0. The van der Waals surface area contributed by atoms with E-state index >= 15 is 0 Å². The van der Waals surface area contributed by atoms with Gasteiger partial charge in [0.05, 0.1) is 19.0 Å². The predicted octanol–water partition coefficient (Wildman–Crippen LogP) is 8.49. The van der Waals surface area contributed by atoms with Crippen LogP contribution in [0.4, 0.5) is 4.39 Å². The van der Waals surface area contributed by atoms with Crippen molar-refractivity contribution in [3.63, 3.8) is 0 Å². The zero-order valence-electron chi connectivity index (χ0n) is 31.8. The summed E-state index contributed by atoms with van der Waals surface area (Å²) in [7, 11) is 0. The number of nitrogens with two attached hydrogens (primary N) is 2. The number of furan rings is 2. The van der Waals surface area contributed by atoms with Gasteiger partial charge in [0.2, 0.25) is 11.8 Å². The van der Waals surface area contributed by atoms with Crippen LogP contribution in [-0.2, 0) is 6.42 Å². The first kappa shape index (κ1) is 37.2. The normalized spacial score (nSPS) is 12.5. The first-order valence-corrected chi connectivity index (χ1v) is 19.2. The maximum Gasteiger partial charge on any atom is 0.232 e. The van der Waals surface area contributed by atoms with Gasteiger partial charge in [-0.1, -0.05) is 78.9 Å². The molecule has 2 atom stereocenters. The van der Waals surface area contributed by atoms with Crippen molar-refractivity contribution in [1.82, 2.24) is 29.2 Å². The third-order valence-electron chi connectivity index (χ3n) is 9.95. The number of fused-ring (bicyclic) bond motifs is 4. The van der Waals surface area contributed by atoms with Crippen LogP contribution in [0.5, 0.6) is 11.8 Å². The maximum atomic E-state index is 13.1. The molecule has 0 fully saturated rings. The van der Waals surface area contributed by atoms with Gasteiger partial charge in [-0.25, -0.2) is 23.4 Å². The van der Waals surface area contributed by atoms with Crippen molar-refractivity contribution < 1.29 is 22.7 Å². The van der Waals surface area contributed by atoms with Crippen LogP contribution in [0, 0.1) is 5.82 Å². The molecule has 2 unspecified atom stereocenters. The largest absolute Gasteiger partial charge is 0.476 e. The molecule has 6 heterocycles. The van der Waals surface area contributed by atoms with Crippen molar-refractivity contribution in [2.45, 2.75) is 18.4 Å². The summed E-state index contributed by atoms with van der Waals surface area (Å²) in [4.78, 5) is 8.84. The molecule has 6 aromatic heterocycles. The van der Waals surface area contributed by atoms with Gasteiger partial charge in [-0.15, -0.1) is 10.2 Å². The lowest BCUT2D eigenvalue weighted by atomic mass is 10.0. The molecule has 10 rings (SSSR count). The zero-order valence-corrected chi connectivity index (χ0v) is 31.8. The Kier molecular flexibility index (Phi) is 10.5. The number of ether oxygens (including phenoxy) is 2. The van der Waals surface area contributed by atoms with Crippen LogP contribution in [0.3, 0.4) is 0 Å². The average Bonchev–Trinajstić information content (AvgIpc) is 4.09. The summed E-state index contributed by atoms with van der Waals surface area (Å²) in [5, 5.41) is 11.2. The number of halogens is 1. The second-order valence-electron chi connectivity index (χ2n) is 13.9. The molecule has 0 bridgehead atoms. The van der Waals surface area contributed by atoms with Gasteiger partial charge in [0.25, 0.3) is 0 Å². The van der Waals surface area contributed by atoms with Crippen LogP contribution >= 0.6 is 0 Å². The lowest BCUT2D eigenvalue weighted by Crippen LogP contribution is -2.29. The minimum absolute atomic E-state index is 0.103. The van der Waals surface area contributed by atoms with E-state index in [1.54, 1.807) is 39.6 Å². The van der Waals surface area contributed by atoms with Crippen LogP contribution < -0.4 is 20.9 Å². The summed E-state index contributed by atoms with van der Waals surface area (Å²) < 4.78 is 40.5. The summed E-state index contributed by atoms with van der Waals surface area (Å²) in [6.07, 6.45) is 3.74. The third-order valence-corrected chi connectivity index (χ3v) is 9.95. The van der Waals surface area contributed by atoms with Crippen molar-refractivity contribution in [3.05, 3.63) is 169 Å². The molecule has 294 valence electrons. The number of para-hydroxylation sites is 2. The van der Waals surface area contributed by atoms with Crippen LogP contribution in [0.25, 0.3) is 56.1 Å². The van der Waals surface area contributed by atoms with Gasteiger partial charge in [0.1, 0.15) is 34.5 Å². The van der Waals surface area contributed by atoms with Gasteiger partial charge in [-0.2, -0.15) is 0 Å². The molecule has 0 aliphatic rings. The molecule has 59 heavy (non-hydrogen) atoms. The summed E-state index contributed by atoms with van der Waals surface area (Å²) in [5.74, 6) is 2.17. The second kappa shape index (κ2) is 16.6. The van der Waals surface area contributed by atoms with Crippen LogP contribution in [0.1, 0.15) is 17.0 Å². The molecule has 0 saturated heterocycles. The minimum Gasteiger partial charge on any atom is -0.476 e. The number of rotatable bonds is 12. The third kappa shape index (κ3) is 8.10. The maximum absolute atomic E-state index is 13.1. The fourth-order valence-electron chi connectivity index (χ4n) is 6.84. The van der Waals surface area contributed by atoms with Crippen molar-refractivity contribution >= 4 is 33.2 Å². The molecule has 0 aliphatic carbocycles. The predicted molar refractivity (Wildman–Crippen MR) is 224 cm³/mol. The zero-order chi connectivity index (χ0) is 40.1. The Labute approximate surface area is 337 Å². The molecule has 12 nitrogen and oxygen atoms in total. The molecule has 4 N–H and O–H groups in total. The standard InChI is InChI=1S/C23H19FN4O2.C23H20N4O2/c24-17-7-5-15(6-8-17)11-18(13-25)29-23-10-9-22-26-14-19(28(22)27-23)21-12-16-3-1-2-4-20(16)30-21;24-13-18(16-6-2-1-3-7-16)15-28-23-11-10-22-25-14-19(27(22)26-23)21-12-17-8-4-5-9-20(17)29-21/h1-10,12,14,18H,11,13,25H2;1-12,14,18H,13,15,24H2. The highest BCUT2D eigenvalue weighted by Crippen LogP contribution is 2.30. The Morgan fingerprint density at radius 2 is 1.17 bits per heavy atom. The number of hydrogen-bond donors (Lipinski definition) is 2. The van der Waals surface area contributed by atoms with Crippen molar-refractivity contribution in [2.75, 3.05) is 19.7 Å². The van der Waals surface area contributed by atoms with E-state index in [9.17, 15) is 4.39 Å². The Morgan fingerprint density at radius 3 is 1.75 bits per heavy atom. The van der Waals surface area contributed by atoms with E-state index in [1.165, 1.54) is 12.1 Å². The van der Waals surface area contributed by atoms with E-state index in [2.05, 4.69) is 32.3 Å². The molecule has 0 aliphatic heterocycles. The Morgan fingerprint density at radius 1 is 0.610 bits per heavy atom. The van der Waals surface area contributed by atoms with Gasteiger partial charge < -0.3 is 29.8 Å². The highest BCUT2D eigenvalue weighted by atomic mass is 19.1. The molecule has 0 saturated carbocycles. The number of nitrogens with zero attached hydrogens (tertiary/aromatic N) is 6. The first-order chi connectivity index (χ1) is 29.0. The van der Waals surface area contributed by atoms with E-state index in [4.69, 9.17) is 29.8 Å². The fourth-order valence-corrected chi connectivity index (χ4v) is 6.84. The summed E-state index contributed by atoms with van der Waals surface area (Å²) in [6.45, 7) is 1.26.